The number of carbonyl (C=O) groups is 1. The fourth-order valence-electron chi connectivity index (χ4n) is 3.64. The van der Waals surface area contributed by atoms with Crippen molar-refractivity contribution in [2.45, 2.75) is 52.2 Å². The smallest absolute Gasteiger partial charge is 0.342 e. The molecule has 0 aliphatic carbocycles. The topological polar surface area (TPSA) is 61.3 Å². The zero-order valence-corrected chi connectivity index (χ0v) is 21.5. The van der Waals surface area contributed by atoms with E-state index in [-0.39, 0.29) is 36.2 Å². The van der Waals surface area contributed by atoms with Crippen LogP contribution in [-0.2, 0) is 4.74 Å². The number of unbranched alkanes of at least 4 members (excludes halogenated alkanes) is 3. The summed E-state index contributed by atoms with van der Waals surface area (Å²) in [4.78, 5) is 12.5. The Morgan fingerprint density at radius 3 is 2.71 bits per heavy atom. The van der Waals surface area contributed by atoms with E-state index >= 15 is 0 Å². The van der Waals surface area contributed by atoms with E-state index in [0.717, 1.165) is 37.2 Å². The lowest BCUT2D eigenvalue weighted by Gasteiger charge is -2.41. The molecule has 1 aliphatic rings. The van der Waals surface area contributed by atoms with Crippen LogP contribution in [0.3, 0.4) is 0 Å². The first-order valence-electron chi connectivity index (χ1n) is 10.8. The predicted octanol–water partition coefficient (Wildman–Crippen LogP) is 1.94. The molecule has 2 unspecified atom stereocenters. The molecule has 31 heavy (non-hydrogen) atoms. The zero-order chi connectivity index (χ0) is 21.4. The molecule has 1 aromatic heterocycles. The second-order valence-corrected chi connectivity index (χ2v) is 8.61. The Morgan fingerprint density at radius 1 is 1.19 bits per heavy atom. The van der Waals surface area contributed by atoms with Crippen LogP contribution in [0.25, 0.3) is 5.57 Å². The van der Waals surface area contributed by atoms with E-state index in [1.54, 1.807) is 12.1 Å². The number of carbonyl (C=O) groups excluding carboxylic acids is 1. The minimum atomic E-state index is -0.287. The fraction of sp³-hybridized carbons (Fsp3) is 0.522. The first-order valence-corrected chi connectivity index (χ1v) is 11.5. The molecule has 1 aromatic carbocycles. The lowest BCUT2D eigenvalue weighted by Crippen LogP contribution is -3.00. The molecular formula is C23H32IN3O3S. The number of rotatable bonds is 10. The van der Waals surface area contributed by atoms with Crippen molar-refractivity contribution in [3.05, 3.63) is 47.7 Å². The van der Waals surface area contributed by atoms with Gasteiger partial charge in [0.05, 0.1) is 37.5 Å². The monoisotopic (exact) mass is 557 g/mol. The fourth-order valence-corrected chi connectivity index (χ4v) is 4.17. The Bertz CT molecular complexity index is 859. The Hall–Kier alpha value is -1.52. The van der Waals surface area contributed by atoms with Gasteiger partial charge in [0.1, 0.15) is 12.2 Å². The Balaban J connectivity index is 0.00000341. The average Bonchev–Trinajstić information content (AvgIpc) is 3.23. The normalized spacial score (nSPS) is 19.1. The average molecular weight is 557 g/mol. The molecule has 0 amide bonds. The summed E-state index contributed by atoms with van der Waals surface area (Å²) in [6, 6.07) is 9.14. The van der Waals surface area contributed by atoms with Crippen molar-refractivity contribution >= 4 is 23.3 Å². The molecule has 0 fully saturated rings. The van der Waals surface area contributed by atoms with Crippen molar-refractivity contribution in [2.75, 3.05) is 26.7 Å². The van der Waals surface area contributed by atoms with E-state index in [1.165, 1.54) is 31.0 Å². The van der Waals surface area contributed by atoms with Gasteiger partial charge in [-0.25, -0.2) is 4.79 Å². The molecule has 0 saturated carbocycles. The van der Waals surface area contributed by atoms with E-state index in [9.17, 15) is 4.79 Å². The molecule has 0 radical (unpaired) electrons. The summed E-state index contributed by atoms with van der Waals surface area (Å²) < 4.78 is 21.2. The van der Waals surface area contributed by atoms with E-state index in [4.69, 9.17) is 9.47 Å². The lowest BCUT2D eigenvalue weighted by molar-refractivity contribution is -0.944. The number of halogens is 1. The van der Waals surface area contributed by atoms with Crippen LogP contribution in [-0.4, -0.2) is 52.2 Å². The molecule has 0 saturated heterocycles. The summed E-state index contributed by atoms with van der Waals surface area (Å²) in [6.07, 6.45) is 7.48. The van der Waals surface area contributed by atoms with Crippen molar-refractivity contribution in [1.82, 2.24) is 8.75 Å². The third-order valence-corrected chi connectivity index (χ3v) is 6.24. The summed E-state index contributed by atoms with van der Waals surface area (Å²) in [5.74, 6) is 0.343. The number of aromatic nitrogens is 2. The number of quaternary nitrogens is 1. The van der Waals surface area contributed by atoms with E-state index in [0.29, 0.717) is 22.5 Å². The van der Waals surface area contributed by atoms with Crippen molar-refractivity contribution < 1.29 is 42.7 Å². The summed E-state index contributed by atoms with van der Waals surface area (Å²) >= 11 is 1.19. The van der Waals surface area contributed by atoms with E-state index in [2.05, 4.69) is 28.8 Å². The van der Waals surface area contributed by atoms with Gasteiger partial charge in [-0.05, 0) is 18.6 Å². The van der Waals surface area contributed by atoms with Crippen molar-refractivity contribution in [2.24, 2.45) is 0 Å². The van der Waals surface area contributed by atoms with Gasteiger partial charge < -0.3 is 33.5 Å². The highest BCUT2D eigenvalue weighted by Gasteiger charge is 2.36. The molecule has 170 valence electrons. The molecule has 0 N–H and O–H groups in total. The maximum Gasteiger partial charge on any atom is 0.342 e. The van der Waals surface area contributed by atoms with Crippen LogP contribution >= 0.6 is 11.7 Å². The van der Waals surface area contributed by atoms with Gasteiger partial charge in [0.2, 0.25) is 6.23 Å². The quantitative estimate of drug-likeness (QED) is 0.194. The van der Waals surface area contributed by atoms with Gasteiger partial charge >= 0.3 is 5.97 Å². The van der Waals surface area contributed by atoms with Gasteiger partial charge in [-0.3, -0.25) is 4.48 Å². The summed E-state index contributed by atoms with van der Waals surface area (Å²) in [6.45, 7) is 6.46. The molecule has 2 atom stereocenters. The van der Waals surface area contributed by atoms with Crippen molar-refractivity contribution in [3.63, 3.8) is 0 Å². The number of esters is 1. The van der Waals surface area contributed by atoms with Crippen LogP contribution < -0.4 is 28.7 Å². The van der Waals surface area contributed by atoms with Gasteiger partial charge in [0, 0.05) is 18.9 Å². The minimum Gasteiger partial charge on any atom is -1.00 e. The van der Waals surface area contributed by atoms with Crippen molar-refractivity contribution in [1.29, 1.82) is 0 Å². The third kappa shape index (κ3) is 6.98. The zero-order valence-electron chi connectivity index (χ0n) is 18.6. The largest absolute Gasteiger partial charge is 1.00 e. The van der Waals surface area contributed by atoms with Crippen LogP contribution in [0, 0.1) is 0 Å². The highest BCUT2D eigenvalue weighted by atomic mass is 127. The molecule has 1 aliphatic heterocycles. The lowest BCUT2D eigenvalue weighted by atomic mass is 10.0. The SMILES string of the molecule is CCCCCCOc1nsnc1C1=CCC[N+](C)(C(C)OC(=O)c2ccccc2)C1.[I-]. The molecule has 6 nitrogen and oxygen atoms in total. The van der Waals surface area contributed by atoms with Gasteiger partial charge in [-0.2, -0.15) is 4.37 Å². The number of hydrogen-bond acceptors (Lipinski definition) is 6. The Kier molecular flexibility index (Phi) is 10.4. The summed E-state index contributed by atoms with van der Waals surface area (Å²) in [7, 11) is 2.13. The molecule has 3 rings (SSSR count). The molecule has 2 heterocycles. The number of likely N-dealkylation sites (N-methyl/N-ethyl adjacent to an activating group) is 1. The van der Waals surface area contributed by atoms with Gasteiger partial charge in [-0.1, -0.05) is 50.5 Å². The standard InChI is InChI=1S/C23H32N3O3S.HI/c1-4-5-6-10-16-28-22-21(24-30-25-22)20-14-11-15-26(3,17-20)18(2)29-23(27)19-12-8-7-9-13-19;/h7-9,12-14,18H,4-6,10-11,15-17H2,1-3H3;1H/q+1;/p-1. The number of nitrogens with zero attached hydrogens (tertiary/aromatic N) is 3. The van der Waals surface area contributed by atoms with Gasteiger partial charge in [-0.15, -0.1) is 4.37 Å². The number of ether oxygens (including phenoxy) is 2. The van der Waals surface area contributed by atoms with Crippen molar-refractivity contribution in [3.8, 4) is 5.88 Å². The van der Waals surface area contributed by atoms with Crippen LogP contribution in [0.15, 0.2) is 36.4 Å². The first kappa shape index (κ1) is 25.7. The molecule has 2 aromatic rings. The molecule has 0 spiro atoms. The first-order chi connectivity index (χ1) is 14.5. The second-order valence-electron chi connectivity index (χ2n) is 8.08. The molecule has 0 bridgehead atoms. The highest BCUT2D eigenvalue weighted by Crippen LogP contribution is 2.31. The number of hydrogen-bond donors (Lipinski definition) is 0. The maximum absolute atomic E-state index is 12.5. The van der Waals surface area contributed by atoms with Gasteiger partial charge in [0.25, 0.3) is 5.88 Å². The maximum atomic E-state index is 12.5. The van der Waals surface area contributed by atoms with Crippen LogP contribution in [0.4, 0.5) is 0 Å². The summed E-state index contributed by atoms with van der Waals surface area (Å²) in [5.41, 5.74) is 2.52. The number of benzene rings is 1. The highest BCUT2D eigenvalue weighted by molar-refractivity contribution is 6.99. The summed E-state index contributed by atoms with van der Waals surface area (Å²) in [5, 5.41) is 0. The van der Waals surface area contributed by atoms with Gasteiger partial charge in [0.15, 0.2) is 0 Å². The van der Waals surface area contributed by atoms with Crippen LogP contribution in [0.2, 0.25) is 0 Å². The van der Waals surface area contributed by atoms with E-state index < -0.39 is 0 Å². The second kappa shape index (κ2) is 12.5. The minimum absolute atomic E-state index is 0. The molecule has 8 heteroatoms. The molecular weight excluding hydrogens is 525 g/mol. The third-order valence-electron chi connectivity index (χ3n) is 5.73. The van der Waals surface area contributed by atoms with Crippen LogP contribution in [0.1, 0.15) is 62.0 Å². The Morgan fingerprint density at radius 2 is 1.97 bits per heavy atom. The van der Waals surface area contributed by atoms with Crippen LogP contribution in [0.5, 0.6) is 5.88 Å². The predicted molar refractivity (Wildman–Crippen MR) is 119 cm³/mol. The van der Waals surface area contributed by atoms with E-state index in [1.807, 2.05) is 25.1 Å². The Labute approximate surface area is 206 Å².